The van der Waals surface area contributed by atoms with Crippen LogP contribution in [0.4, 0.5) is 0 Å². The maximum Gasteiger partial charge on any atom is 0.234 e. The van der Waals surface area contributed by atoms with Gasteiger partial charge in [0.1, 0.15) is 0 Å². The van der Waals surface area contributed by atoms with E-state index in [0.717, 1.165) is 12.3 Å². The third-order valence-corrected chi connectivity index (χ3v) is 0.617. The van der Waals surface area contributed by atoms with Crippen LogP contribution in [0.1, 0.15) is 0 Å². The fourth-order valence-electron chi connectivity index (χ4n) is 0.338. The molecule has 1 aromatic rings. The molecule has 0 amide bonds. The van der Waals surface area contributed by atoms with Gasteiger partial charge in [0.25, 0.3) is 0 Å². The van der Waals surface area contributed by atoms with Crippen LogP contribution in [-0.2, 0) is 5.11 Å². The minimum Gasteiger partial charge on any atom is -0.492 e. The predicted molar refractivity (Wildman–Crippen MR) is 23.8 cm³/mol. The smallest absolute Gasteiger partial charge is 0.234 e. The molecule has 0 aliphatic carbocycles. The Morgan fingerprint density at radius 2 is 2.38 bits per heavy atom. The zero-order valence-corrected chi connectivity index (χ0v) is 3.90. The largest absolute Gasteiger partial charge is 0.492 e. The van der Waals surface area contributed by atoms with Gasteiger partial charge in [0.2, 0.25) is 11.6 Å². The molecule has 1 aromatic heterocycles. The van der Waals surface area contributed by atoms with Crippen molar-refractivity contribution in [1.29, 1.82) is 0 Å². The van der Waals surface area contributed by atoms with Gasteiger partial charge in [-0.05, 0) is 0 Å². The molecule has 0 bridgehead atoms. The summed E-state index contributed by atoms with van der Waals surface area (Å²) in [6.45, 7) is 0. The molecule has 0 aliphatic heterocycles. The molecule has 0 saturated carbocycles. The van der Waals surface area contributed by atoms with Crippen molar-refractivity contribution in [2.75, 3.05) is 0 Å². The lowest BCUT2D eigenvalue weighted by atomic mass is 10.5. The van der Waals surface area contributed by atoms with Gasteiger partial charge in [-0.15, -0.1) is 5.10 Å². The van der Waals surface area contributed by atoms with Gasteiger partial charge in [-0.25, -0.2) is 0 Å². The lowest BCUT2D eigenvalue weighted by Crippen LogP contribution is -1.76. The lowest BCUT2D eigenvalue weighted by molar-refractivity contribution is 0.345. The number of hydrogen-bond acceptors (Lipinski definition) is 3. The van der Waals surface area contributed by atoms with Gasteiger partial charge in [-0.3, -0.25) is 5.11 Å². The molecule has 0 spiro atoms. The van der Waals surface area contributed by atoms with Crippen molar-refractivity contribution in [3.63, 3.8) is 0 Å². The normalized spacial score (nSPS) is 9.00. The second kappa shape index (κ2) is 1.65. The van der Waals surface area contributed by atoms with E-state index in [9.17, 15) is 5.11 Å². The Morgan fingerprint density at radius 3 is 2.75 bits per heavy atom. The number of aromatic nitrogens is 2. The van der Waals surface area contributed by atoms with Crippen molar-refractivity contribution >= 4 is 0 Å². The quantitative estimate of drug-likeness (QED) is 0.524. The molecule has 4 heteroatoms. The van der Waals surface area contributed by atoms with Gasteiger partial charge in [-0.2, -0.15) is 5.10 Å². The van der Waals surface area contributed by atoms with E-state index in [2.05, 4.69) is 10.2 Å². The summed E-state index contributed by atoms with van der Waals surface area (Å²) in [6.07, 6.45) is 1.03. The number of hydrogen-bond donors (Lipinski definition) is 1. The Balaban J connectivity index is 3.08. The average molecular weight is 111 g/mol. The maximum absolute atomic E-state index is 10.2. The van der Waals surface area contributed by atoms with E-state index in [1.54, 1.807) is 0 Å². The van der Waals surface area contributed by atoms with Crippen LogP contribution in [0.2, 0.25) is 0 Å². The maximum atomic E-state index is 10.2. The third-order valence-electron chi connectivity index (χ3n) is 0.617. The molecule has 0 aliphatic rings. The molecule has 0 atom stereocenters. The Labute approximate surface area is 45.4 Å². The Morgan fingerprint density at radius 1 is 1.62 bits per heavy atom. The van der Waals surface area contributed by atoms with Gasteiger partial charge in [0.15, 0.2) is 0 Å². The first-order valence-corrected chi connectivity index (χ1v) is 1.98. The van der Waals surface area contributed by atoms with E-state index in [1.165, 1.54) is 0 Å². The van der Waals surface area contributed by atoms with Gasteiger partial charge in [0.05, 0.1) is 12.3 Å². The van der Waals surface area contributed by atoms with Crippen LogP contribution in [-0.4, -0.2) is 15.3 Å². The van der Waals surface area contributed by atoms with E-state index >= 15 is 0 Å². The molecule has 4 nitrogen and oxygen atoms in total. The van der Waals surface area contributed by atoms with Crippen LogP contribution in [0.15, 0.2) is 12.3 Å². The minimum atomic E-state index is -0.336. The number of rotatable bonds is 0. The second-order valence-corrected chi connectivity index (χ2v) is 1.25. The molecule has 8 heavy (non-hydrogen) atoms. The summed E-state index contributed by atoms with van der Waals surface area (Å²) in [4.78, 5) is 0. The van der Waals surface area contributed by atoms with E-state index in [1.807, 2.05) is 0 Å². The molecule has 0 aromatic carbocycles. The molecule has 0 unspecified atom stereocenters. The molecule has 0 fully saturated rings. The van der Waals surface area contributed by atoms with Crippen molar-refractivity contribution in [3.05, 3.63) is 12.3 Å². The summed E-state index contributed by atoms with van der Waals surface area (Å²) >= 11 is 0. The van der Waals surface area contributed by atoms with E-state index in [4.69, 9.17) is 5.11 Å². The monoisotopic (exact) mass is 111 g/mol. The summed E-state index contributed by atoms with van der Waals surface area (Å²) < 4.78 is 0. The fourth-order valence-corrected chi connectivity index (χ4v) is 0.338. The van der Waals surface area contributed by atoms with Crippen molar-refractivity contribution in [1.82, 2.24) is 10.2 Å². The molecular formula is C4H3N2O2. The Bertz CT molecular complexity index is 172. The first kappa shape index (κ1) is 4.83. The molecule has 41 valence electrons. The molecule has 1 rings (SSSR count). The fraction of sp³-hybridized carbons (Fsp3) is 0. The van der Waals surface area contributed by atoms with Gasteiger partial charge >= 0.3 is 0 Å². The van der Waals surface area contributed by atoms with Crippen LogP contribution < -0.4 is 0 Å². The van der Waals surface area contributed by atoms with Gasteiger partial charge < -0.3 is 5.11 Å². The minimum absolute atomic E-state index is 0.336. The lowest BCUT2D eigenvalue weighted by Gasteiger charge is -1.83. The standard InChI is InChI=1S/C4H3N2O2/c7-3-1-4(8)6-5-2-3/h1-2H,(H,6,8). The molecule has 1 radical (unpaired) electrons. The molecular weight excluding hydrogens is 108 g/mol. The highest BCUT2D eigenvalue weighted by Gasteiger charge is 1.91. The first-order valence-electron chi connectivity index (χ1n) is 1.98. The highest BCUT2D eigenvalue weighted by molar-refractivity contribution is 5.18. The van der Waals surface area contributed by atoms with Crippen LogP contribution in [0.25, 0.3) is 0 Å². The van der Waals surface area contributed by atoms with Crippen LogP contribution in [0.5, 0.6) is 11.6 Å². The van der Waals surface area contributed by atoms with Crippen LogP contribution in [0.3, 0.4) is 0 Å². The summed E-state index contributed by atoms with van der Waals surface area (Å²) in [7, 11) is 0. The van der Waals surface area contributed by atoms with Crippen molar-refractivity contribution in [3.8, 4) is 11.6 Å². The third kappa shape index (κ3) is 0.841. The zero-order valence-electron chi connectivity index (χ0n) is 3.90. The Kier molecular flexibility index (Phi) is 0.997. The van der Waals surface area contributed by atoms with E-state index in [-0.39, 0.29) is 11.6 Å². The SMILES string of the molecule is [O]c1cnnc(O)c1. The first-order chi connectivity index (χ1) is 3.79. The summed E-state index contributed by atoms with van der Waals surface area (Å²) in [5, 5.41) is 25.0. The second-order valence-electron chi connectivity index (χ2n) is 1.25. The topological polar surface area (TPSA) is 65.9 Å². The van der Waals surface area contributed by atoms with Gasteiger partial charge in [0, 0.05) is 0 Å². The van der Waals surface area contributed by atoms with Crippen molar-refractivity contribution < 1.29 is 10.2 Å². The molecule has 0 saturated heterocycles. The molecule has 1 N–H and O–H groups in total. The van der Waals surface area contributed by atoms with E-state index in [0.29, 0.717) is 0 Å². The van der Waals surface area contributed by atoms with Crippen molar-refractivity contribution in [2.45, 2.75) is 0 Å². The molecule has 1 heterocycles. The summed E-state index contributed by atoms with van der Waals surface area (Å²) in [5.74, 6) is -0.671. The summed E-state index contributed by atoms with van der Waals surface area (Å²) in [6, 6.07) is 0.993. The van der Waals surface area contributed by atoms with E-state index < -0.39 is 0 Å². The van der Waals surface area contributed by atoms with Crippen LogP contribution in [0, 0.1) is 0 Å². The van der Waals surface area contributed by atoms with Gasteiger partial charge in [-0.1, -0.05) is 0 Å². The highest BCUT2D eigenvalue weighted by Crippen LogP contribution is 2.10. The summed E-state index contributed by atoms with van der Waals surface area (Å²) in [5.41, 5.74) is 0. The predicted octanol–water partition coefficient (Wildman–Crippen LogP) is 0.326. The number of aromatic hydroxyl groups is 1. The average Bonchev–Trinajstić information content (AvgIpc) is 1.64. The Hall–Kier alpha value is -1.32. The van der Waals surface area contributed by atoms with Crippen LogP contribution >= 0.6 is 0 Å². The van der Waals surface area contributed by atoms with Crippen molar-refractivity contribution in [2.24, 2.45) is 0 Å². The zero-order chi connectivity index (χ0) is 5.98. The number of nitrogens with zero attached hydrogens (tertiary/aromatic N) is 2. The highest BCUT2D eigenvalue weighted by atomic mass is 16.3.